The van der Waals surface area contributed by atoms with E-state index in [4.69, 9.17) is 5.73 Å². The molecule has 0 aliphatic heterocycles. The van der Waals surface area contributed by atoms with Crippen LogP contribution in [0.25, 0.3) is 0 Å². The van der Waals surface area contributed by atoms with Gasteiger partial charge in [0.25, 0.3) is 5.91 Å². The molecule has 3 rings (SSSR count). The van der Waals surface area contributed by atoms with Gasteiger partial charge in [0, 0.05) is 34.8 Å². The second-order valence-electron chi connectivity index (χ2n) is 5.53. The standard InChI is InChI=1S/C19H18N4O/c1-23-11-9-16(10-12-23)21-17-3-2-4-18(13-17)22-19(24)14-5-7-15(20)8-6-14/h2-13H,1H3,(H3,20,22,24)/p+1. The Balaban J connectivity index is 1.71. The molecule has 0 saturated heterocycles. The van der Waals surface area contributed by atoms with Gasteiger partial charge >= 0.3 is 0 Å². The highest BCUT2D eigenvalue weighted by Gasteiger charge is 2.06. The van der Waals surface area contributed by atoms with Gasteiger partial charge in [0.1, 0.15) is 7.05 Å². The molecule has 3 aromatic rings. The summed E-state index contributed by atoms with van der Waals surface area (Å²) in [7, 11) is 1.97. The summed E-state index contributed by atoms with van der Waals surface area (Å²) in [6.07, 6.45) is 3.93. The van der Waals surface area contributed by atoms with Crippen LogP contribution in [0.2, 0.25) is 0 Å². The van der Waals surface area contributed by atoms with E-state index in [9.17, 15) is 4.79 Å². The molecule has 0 spiro atoms. The Kier molecular flexibility index (Phi) is 4.43. The molecule has 4 N–H and O–H groups in total. The van der Waals surface area contributed by atoms with Crippen LogP contribution in [0, 0.1) is 0 Å². The Labute approximate surface area is 140 Å². The van der Waals surface area contributed by atoms with Gasteiger partial charge in [0.2, 0.25) is 0 Å². The number of carbonyl (C=O) groups excluding carboxylic acids is 1. The monoisotopic (exact) mass is 319 g/mol. The van der Waals surface area contributed by atoms with Crippen molar-refractivity contribution in [3.63, 3.8) is 0 Å². The first-order valence-electron chi connectivity index (χ1n) is 7.59. The zero-order valence-electron chi connectivity index (χ0n) is 13.4. The summed E-state index contributed by atoms with van der Waals surface area (Å²) in [6, 6.07) is 18.4. The van der Waals surface area contributed by atoms with Gasteiger partial charge in [-0.05, 0) is 42.5 Å². The minimum absolute atomic E-state index is 0.168. The zero-order chi connectivity index (χ0) is 16.9. The van der Waals surface area contributed by atoms with Crippen molar-refractivity contribution in [2.75, 3.05) is 16.4 Å². The van der Waals surface area contributed by atoms with Crippen molar-refractivity contribution in [2.24, 2.45) is 7.05 Å². The van der Waals surface area contributed by atoms with E-state index in [1.54, 1.807) is 24.3 Å². The van der Waals surface area contributed by atoms with Crippen molar-refractivity contribution in [1.29, 1.82) is 0 Å². The van der Waals surface area contributed by atoms with Crippen LogP contribution in [-0.4, -0.2) is 5.91 Å². The van der Waals surface area contributed by atoms with Crippen LogP contribution in [0.4, 0.5) is 22.7 Å². The molecule has 5 nitrogen and oxygen atoms in total. The first-order valence-corrected chi connectivity index (χ1v) is 7.59. The Bertz CT molecular complexity index is 842. The lowest BCUT2D eigenvalue weighted by molar-refractivity contribution is -0.671. The van der Waals surface area contributed by atoms with Crippen molar-refractivity contribution < 1.29 is 9.36 Å². The summed E-state index contributed by atoms with van der Waals surface area (Å²) in [4.78, 5) is 12.3. The quantitative estimate of drug-likeness (QED) is 0.511. The number of nitrogen functional groups attached to an aromatic ring is 1. The van der Waals surface area contributed by atoms with Gasteiger partial charge in [-0.3, -0.25) is 4.79 Å². The fourth-order valence-electron chi connectivity index (χ4n) is 2.26. The highest BCUT2D eigenvalue weighted by Crippen LogP contribution is 2.20. The molecule has 0 unspecified atom stereocenters. The molecule has 0 aliphatic rings. The molecule has 1 heterocycles. The predicted octanol–water partition coefficient (Wildman–Crippen LogP) is 3.09. The van der Waals surface area contributed by atoms with Gasteiger partial charge in [0.15, 0.2) is 12.4 Å². The molecular weight excluding hydrogens is 300 g/mol. The predicted molar refractivity (Wildman–Crippen MR) is 96.2 cm³/mol. The topological polar surface area (TPSA) is 71.0 Å². The van der Waals surface area contributed by atoms with E-state index in [1.807, 2.05) is 60.4 Å². The van der Waals surface area contributed by atoms with Gasteiger partial charge in [-0.25, -0.2) is 4.57 Å². The van der Waals surface area contributed by atoms with Crippen LogP contribution >= 0.6 is 0 Å². The minimum Gasteiger partial charge on any atom is -0.399 e. The van der Waals surface area contributed by atoms with Crippen LogP contribution in [-0.2, 0) is 7.05 Å². The normalized spacial score (nSPS) is 10.2. The van der Waals surface area contributed by atoms with Crippen molar-refractivity contribution in [3.8, 4) is 0 Å². The number of nitrogens with two attached hydrogens (primary N) is 1. The number of rotatable bonds is 4. The summed E-state index contributed by atoms with van der Waals surface area (Å²) >= 11 is 0. The second kappa shape index (κ2) is 6.83. The molecule has 120 valence electrons. The SMILES string of the molecule is C[n+]1ccc(Nc2cccc(NC(=O)c3ccc(N)cc3)c2)cc1. The number of hydrogen-bond acceptors (Lipinski definition) is 3. The summed E-state index contributed by atoms with van der Waals surface area (Å²) in [5.74, 6) is -0.168. The third kappa shape index (κ3) is 3.89. The molecule has 0 radical (unpaired) electrons. The van der Waals surface area contributed by atoms with Gasteiger partial charge in [0.05, 0.1) is 5.69 Å². The maximum absolute atomic E-state index is 12.3. The average Bonchev–Trinajstić information content (AvgIpc) is 2.58. The van der Waals surface area contributed by atoms with E-state index in [1.165, 1.54) is 0 Å². The number of aromatic nitrogens is 1. The third-order valence-electron chi connectivity index (χ3n) is 3.56. The number of carbonyl (C=O) groups is 1. The molecule has 0 fully saturated rings. The van der Waals surface area contributed by atoms with E-state index in [-0.39, 0.29) is 5.91 Å². The molecule has 0 atom stereocenters. The van der Waals surface area contributed by atoms with Crippen molar-refractivity contribution in [3.05, 3.63) is 78.6 Å². The maximum atomic E-state index is 12.3. The lowest BCUT2D eigenvalue weighted by Gasteiger charge is -2.09. The summed E-state index contributed by atoms with van der Waals surface area (Å²) < 4.78 is 1.97. The highest BCUT2D eigenvalue weighted by atomic mass is 16.1. The molecule has 0 bridgehead atoms. The number of hydrogen-bond donors (Lipinski definition) is 3. The molecule has 24 heavy (non-hydrogen) atoms. The summed E-state index contributed by atoms with van der Waals surface area (Å²) in [5.41, 5.74) is 9.45. The third-order valence-corrected chi connectivity index (χ3v) is 3.56. The fraction of sp³-hybridized carbons (Fsp3) is 0.0526. The maximum Gasteiger partial charge on any atom is 0.255 e. The van der Waals surface area contributed by atoms with E-state index < -0.39 is 0 Å². The lowest BCUT2D eigenvalue weighted by atomic mass is 10.2. The van der Waals surface area contributed by atoms with Crippen LogP contribution in [0.1, 0.15) is 10.4 Å². The Morgan fingerprint density at radius 1 is 0.917 bits per heavy atom. The summed E-state index contributed by atoms with van der Waals surface area (Å²) in [6.45, 7) is 0. The van der Waals surface area contributed by atoms with Crippen molar-refractivity contribution in [2.45, 2.75) is 0 Å². The van der Waals surface area contributed by atoms with Crippen LogP contribution in [0.15, 0.2) is 73.1 Å². The molecule has 5 heteroatoms. The second-order valence-corrected chi connectivity index (χ2v) is 5.53. The fourth-order valence-corrected chi connectivity index (χ4v) is 2.26. The Morgan fingerprint density at radius 2 is 1.58 bits per heavy atom. The minimum atomic E-state index is -0.168. The van der Waals surface area contributed by atoms with Crippen molar-refractivity contribution >= 4 is 28.7 Å². The number of aryl methyl sites for hydroxylation is 1. The molecular formula is C19H19N4O+. The number of amides is 1. The first-order chi connectivity index (χ1) is 11.6. The number of nitrogens with one attached hydrogen (secondary N) is 2. The van der Waals surface area contributed by atoms with Gasteiger partial charge in [-0.15, -0.1) is 0 Å². The molecule has 0 aliphatic carbocycles. The van der Waals surface area contributed by atoms with E-state index in [0.717, 1.165) is 17.1 Å². The van der Waals surface area contributed by atoms with Crippen LogP contribution in [0.3, 0.4) is 0 Å². The lowest BCUT2D eigenvalue weighted by Crippen LogP contribution is -2.25. The van der Waals surface area contributed by atoms with E-state index >= 15 is 0 Å². The smallest absolute Gasteiger partial charge is 0.255 e. The van der Waals surface area contributed by atoms with Crippen LogP contribution < -0.4 is 20.9 Å². The van der Waals surface area contributed by atoms with Crippen molar-refractivity contribution in [1.82, 2.24) is 0 Å². The Hall–Kier alpha value is -3.34. The molecule has 1 aromatic heterocycles. The van der Waals surface area contributed by atoms with Gasteiger partial charge < -0.3 is 16.4 Å². The van der Waals surface area contributed by atoms with Gasteiger partial charge in [-0.1, -0.05) is 6.07 Å². The molecule has 1 amide bonds. The molecule has 2 aromatic carbocycles. The number of anilines is 4. The summed E-state index contributed by atoms with van der Waals surface area (Å²) in [5, 5.41) is 6.20. The zero-order valence-corrected chi connectivity index (χ0v) is 13.4. The highest BCUT2D eigenvalue weighted by molar-refractivity contribution is 6.04. The Morgan fingerprint density at radius 3 is 2.29 bits per heavy atom. The van der Waals surface area contributed by atoms with E-state index in [0.29, 0.717) is 11.3 Å². The van der Waals surface area contributed by atoms with Crippen LogP contribution in [0.5, 0.6) is 0 Å². The van der Waals surface area contributed by atoms with Gasteiger partial charge in [-0.2, -0.15) is 0 Å². The number of nitrogens with zero attached hydrogens (tertiary/aromatic N) is 1. The van der Waals surface area contributed by atoms with E-state index in [2.05, 4.69) is 10.6 Å². The number of pyridine rings is 1. The average molecular weight is 319 g/mol. The molecule has 0 saturated carbocycles. The number of benzene rings is 2. The first kappa shape index (κ1) is 15.6. The largest absolute Gasteiger partial charge is 0.399 e.